The predicted molar refractivity (Wildman–Crippen MR) is 97.5 cm³/mol. The highest BCUT2D eigenvalue weighted by Crippen LogP contribution is 2.54. The molecule has 5 rings (SSSR count). The third kappa shape index (κ3) is 3.07. The van der Waals surface area contributed by atoms with Crippen LogP contribution in [0, 0.1) is 24.7 Å². The number of anilines is 1. The molecule has 0 aliphatic heterocycles. The van der Waals surface area contributed by atoms with E-state index in [1.807, 2.05) is 13.0 Å². The molecule has 1 amide bonds. The number of halogens is 2. The molecule has 1 aromatic carbocycles. The van der Waals surface area contributed by atoms with E-state index >= 15 is 0 Å². The minimum atomic E-state index is -0.0138. The summed E-state index contributed by atoms with van der Waals surface area (Å²) in [6.45, 7) is 2.36. The lowest BCUT2D eigenvalue weighted by Crippen LogP contribution is -3.00. The summed E-state index contributed by atoms with van der Waals surface area (Å²) in [4.78, 5) is 12.5. The Morgan fingerprint density at radius 3 is 2.33 bits per heavy atom. The maximum absolute atomic E-state index is 12.5. The number of hydrogen-bond donors (Lipinski definition) is 2. The highest BCUT2D eigenvalue weighted by atomic mass is 35.5. The van der Waals surface area contributed by atoms with Crippen LogP contribution in [-0.4, -0.2) is 18.0 Å². The van der Waals surface area contributed by atoms with E-state index in [0.29, 0.717) is 27.8 Å². The summed E-state index contributed by atoms with van der Waals surface area (Å²) in [5, 5.41) is 6.25. The number of amides is 1. The molecule has 5 heteroatoms. The lowest BCUT2D eigenvalue weighted by molar-refractivity contribution is -0.729. The van der Waals surface area contributed by atoms with Crippen LogP contribution in [0.5, 0.6) is 0 Å². The molecule has 4 bridgehead atoms. The van der Waals surface area contributed by atoms with E-state index in [-0.39, 0.29) is 5.91 Å². The molecule has 1 aromatic rings. The van der Waals surface area contributed by atoms with Gasteiger partial charge in [0.15, 0.2) is 6.54 Å². The molecule has 4 fully saturated rings. The Balaban J connectivity index is 1.40. The number of rotatable bonds is 4. The lowest BCUT2D eigenvalue weighted by Gasteiger charge is -2.54. The van der Waals surface area contributed by atoms with Gasteiger partial charge in [-0.3, -0.25) is 4.79 Å². The molecule has 4 saturated carbocycles. The van der Waals surface area contributed by atoms with Crippen LogP contribution < -0.4 is 10.6 Å². The summed E-state index contributed by atoms with van der Waals surface area (Å²) >= 11 is 12.5. The minimum absolute atomic E-state index is 0.0138. The van der Waals surface area contributed by atoms with Crippen molar-refractivity contribution in [2.24, 2.45) is 17.8 Å². The van der Waals surface area contributed by atoms with Crippen LogP contribution in [-0.2, 0) is 4.79 Å². The molecular formula is C19H25Cl2N2O+. The second-order valence-electron chi connectivity index (χ2n) is 8.29. The highest BCUT2D eigenvalue weighted by molar-refractivity contribution is 6.40. The Bertz CT molecular complexity index is 638. The summed E-state index contributed by atoms with van der Waals surface area (Å²) in [7, 11) is 0. The molecule has 3 N–H and O–H groups in total. The summed E-state index contributed by atoms with van der Waals surface area (Å²) in [5.41, 5.74) is 1.77. The number of aryl methyl sites for hydroxylation is 1. The maximum Gasteiger partial charge on any atom is 0.279 e. The third-order valence-corrected chi connectivity index (χ3v) is 7.16. The van der Waals surface area contributed by atoms with Crippen LogP contribution in [0.2, 0.25) is 10.0 Å². The van der Waals surface area contributed by atoms with Gasteiger partial charge in [-0.15, -0.1) is 0 Å². The zero-order chi connectivity index (χ0) is 16.9. The van der Waals surface area contributed by atoms with Crippen LogP contribution in [0.1, 0.15) is 44.1 Å². The molecule has 0 spiro atoms. The zero-order valence-corrected chi connectivity index (χ0v) is 15.6. The molecule has 0 saturated heterocycles. The number of benzene rings is 1. The fraction of sp³-hybridized carbons (Fsp3) is 0.632. The number of quaternary nitrogens is 1. The van der Waals surface area contributed by atoms with Gasteiger partial charge in [0.2, 0.25) is 0 Å². The van der Waals surface area contributed by atoms with Gasteiger partial charge in [-0.25, -0.2) is 0 Å². The van der Waals surface area contributed by atoms with Crippen molar-refractivity contribution in [3.8, 4) is 0 Å². The van der Waals surface area contributed by atoms with E-state index in [0.717, 1.165) is 23.3 Å². The van der Waals surface area contributed by atoms with Crippen molar-refractivity contribution in [3.05, 3.63) is 27.7 Å². The summed E-state index contributed by atoms with van der Waals surface area (Å²) < 4.78 is 0. The van der Waals surface area contributed by atoms with Crippen LogP contribution in [0.15, 0.2) is 12.1 Å². The predicted octanol–water partition coefficient (Wildman–Crippen LogP) is 3.77. The number of carbonyl (C=O) groups is 1. The second kappa shape index (κ2) is 6.19. The number of hydrogen-bond acceptors (Lipinski definition) is 1. The van der Waals surface area contributed by atoms with Gasteiger partial charge in [-0.05, 0) is 55.6 Å². The van der Waals surface area contributed by atoms with Crippen molar-refractivity contribution in [1.29, 1.82) is 0 Å². The van der Waals surface area contributed by atoms with Crippen molar-refractivity contribution in [2.45, 2.75) is 51.0 Å². The van der Waals surface area contributed by atoms with E-state index in [4.69, 9.17) is 23.2 Å². The number of carbonyl (C=O) groups excluding carboxylic acids is 1. The van der Waals surface area contributed by atoms with E-state index in [1.165, 1.54) is 38.5 Å². The molecule has 0 atom stereocenters. The van der Waals surface area contributed by atoms with Crippen LogP contribution >= 0.6 is 23.2 Å². The maximum atomic E-state index is 12.5. The van der Waals surface area contributed by atoms with E-state index in [2.05, 4.69) is 10.6 Å². The molecule has 0 unspecified atom stereocenters. The molecule has 3 nitrogen and oxygen atoms in total. The van der Waals surface area contributed by atoms with Gasteiger partial charge in [-0.2, -0.15) is 0 Å². The van der Waals surface area contributed by atoms with Gasteiger partial charge in [-0.1, -0.05) is 29.3 Å². The van der Waals surface area contributed by atoms with E-state index in [1.54, 1.807) is 6.07 Å². The molecule has 0 radical (unpaired) electrons. The van der Waals surface area contributed by atoms with Crippen molar-refractivity contribution in [1.82, 2.24) is 0 Å². The smallest absolute Gasteiger partial charge is 0.279 e. The fourth-order valence-corrected chi connectivity index (χ4v) is 6.16. The molecule has 0 heterocycles. The average molecular weight is 368 g/mol. The van der Waals surface area contributed by atoms with Gasteiger partial charge in [0.1, 0.15) is 0 Å². The summed E-state index contributed by atoms with van der Waals surface area (Å²) in [5.74, 6) is 2.68. The van der Waals surface area contributed by atoms with Crippen molar-refractivity contribution < 1.29 is 10.1 Å². The monoisotopic (exact) mass is 367 g/mol. The first kappa shape index (κ1) is 16.7. The SMILES string of the molecule is Cc1ccc(Cl)c(NC(=O)C[NH2+]C23CC4CC(CC(C4)C2)C3)c1Cl. The van der Waals surface area contributed by atoms with E-state index < -0.39 is 0 Å². The molecule has 24 heavy (non-hydrogen) atoms. The average Bonchev–Trinajstić information content (AvgIpc) is 2.52. The first-order valence-electron chi connectivity index (χ1n) is 9.03. The summed E-state index contributed by atoms with van der Waals surface area (Å²) in [6, 6.07) is 3.64. The first-order valence-corrected chi connectivity index (χ1v) is 9.78. The number of nitrogens with two attached hydrogens (primary N) is 1. The van der Waals surface area contributed by atoms with Crippen LogP contribution in [0.3, 0.4) is 0 Å². The van der Waals surface area contributed by atoms with E-state index in [9.17, 15) is 4.79 Å². The number of nitrogens with one attached hydrogen (secondary N) is 1. The standard InChI is InChI=1S/C19H24Cl2N2O/c1-11-2-3-15(20)18(17(11)21)23-16(24)10-22-19-7-12-4-13(8-19)6-14(5-12)9-19/h2-3,12-14,22H,4-10H2,1H3,(H,23,24)/p+1. The Kier molecular flexibility index (Phi) is 4.30. The highest BCUT2D eigenvalue weighted by Gasteiger charge is 2.53. The lowest BCUT2D eigenvalue weighted by atomic mass is 9.53. The fourth-order valence-electron chi connectivity index (χ4n) is 5.70. The van der Waals surface area contributed by atoms with Crippen molar-refractivity contribution >= 4 is 34.8 Å². The normalized spacial score (nSPS) is 33.7. The Hall–Kier alpha value is -0.770. The Morgan fingerprint density at radius 2 is 1.75 bits per heavy atom. The summed E-state index contributed by atoms with van der Waals surface area (Å²) in [6.07, 6.45) is 8.14. The zero-order valence-electron chi connectivity index (χ0n) is 14.1. The Morgan fingerprint density at radius 1 is 1.17 bits per heavy atom. The van der Waals surface area contributed by atoms with Crippen LogP contribution in [0.25, 0.3) is 0 Å². The topological polar surface area (TPSA) is 45.7 Å². The quantitative estimate of drug-likeness (QED) is 0.835. The third-order valence-electron chi connectivity index (χ3n) is 6.35. The van der Waals surface area contributed by atoms with Crippen molar-refractivity contribution in [2.75, 3.05) is 11.9 Å². The molecule has 4 aliphatic carbocycles. The second-order valence-corrected chi connectivity index (χ2v) is 9.07. The first-order chi connectivity index (χ1) is 11.4. The molecule has 130 valence electrons. The molecular weight excluding hydrogens is 343 g/mol. The van der Waals surface area contributed by atoms with Gasteiger partial charge < -0.3 is 10.6 Å². The molecule has 4 aliphatic rings. The van der Waals surface area contributed by atoms with Gasteiger partial charge >= 0.3 is 0 Å². The minimum Gasteiger partial charge on any atom is -0.334 e. The molecule has 0 aromatic heterocycles. The van der Waals surface area contributed by atoms with Crippen LogP contribution in [0.4, 0.5) is 5.69 Å². The van der Waals surface area contributed by atoms with Gasteiger partial charge in [0.25, 0.3) is 5.91 Å². The van der Waals surface area contributed by atoms with Gasteiger partial charge in [0.05, 0.1) is 21.3 Å². The van der Waals surface area contributed by atoms with Gasteiger partial charge in [0, 0.05) is 19.3 Å². The Labute approximate surface area is 153 Å². The largest absolute Gasteiger partial charge is 0.334 e. The van der Waals surface area contributed by atoms with Crippen molar-refractivity contribution in [3.63, 3.8) is 0 Å².